The number of nitrogens with one attached hydrogen (secondary N) is 1. The Hall–Kier alpha value is -3.11. The molecule has 3 aliphatic rings. The van der Waals surface area contributed by atoms with E-state index >= 15 is 0 Å². The fourth-order valence-corrected chi connectivity index (χ4v) is 4.58. The van der Waals surface area contributed by atoms with Crippen molar-refractivity contribution >= 4 is 29.8 Å². The van der Waals surface area contributed by atoms with E-state index in [1.165, 1.54) is 0 Å². The smallest absolute Gasteiger partial charge is 0.334 e. The molecule has 1 saturated carbocycles. The number of barbiturate groups is 1. The van der Waals surface area contributed by atoms with Crippen molar-refractivity contribution in [3.05, 3.63) is 11.4 Å². The lowest BCUT2D eigenvalue weighted by Gasteiger charge is -2.42. The molecule has 0 bridgehead atoms. The van der Waals surface area contributed by atoms with Gasteiger partial charge < -0.3 is 16.4 Å². The first kappa shape index (κ1) is 23.6. The van der Waals surface area contributed by atoms with Gasteiger partial charge in [0, 0.05) is 19.1 Å². The van der Waals surface area contributed by atoms with Gasteiger partial charge in [-0.15, -0.1) is 0 Å². The summed E-state index contributed by atoms with van der Waals surface area (Å²) >= 11 is 0. The van der Waals surface area contributed by atoms with Crippen LogP contribution in [-0.4, -0.2) is 69.2 Å². The van der Waals surface area contributed by atoms with Crippen LogP contribution in [0.4, 0.5) is 9.59 Å². The third-order valence-electron chi connectivity index (χ3n) is 6.67. The van der Waals surface area contributed by atoms with Gasteiger partial charge in [-0.3, -0.25) is 29.5 Å². The summed E-state index contributed by atoms with van der Waals surface area (Å²) in [4.78, 5) is 66.5. The first-order chi connectivity index (χ1) is 15.0. The summed E-state index contributed by atoms with van der Waals surface area (Å²) in [5.41, 5.74) is 9.98. The maximum absolute atomic E-state index is 13.1. The fourth-order valence-electron chi connectivity index (χ4n) is 4.58. The van der Waals surface area contributed by atoms with E-state index in [2.05, 4.69) is 5.32 Å². The van der Waals surface area contributed by atoms with Crippen molar-refractivity contribution in [1.82, 2.24) is 20.0 Å². The summed E-state index contributed by atoms with van der Waals surface area (Å²) < 4.78 is 0. The highest BCUT2D eigenvalue weighted by molar-refractivity contribution is 6.29. The highest BCUT2D eigenvalue weighted by Crippen LogP contribution is 2.33. The number of hydrogen-bond donors (Lipinski definition) is 3. The third-order valence-corrected chi connectivity index (χ3v) is 6.67. The summed E-state index contributed by atoms with van der Waals surface area (Å²) in [5.74, 6) is -2.08. The Morgan fingerprint density at radius 3 is 2.16 bits per heavy atom. The van der Waals surface area contributed by atoms with Crippen LogP contribution in [0.15, 0.2) is 11.4 Å². The summed E-state index contributed by atoms with van der Waals surface area (Å²) in [6.07, 6.45) is 3.76. The second-order valence-corrected chi connectivity index (χ2v) is 9.20. The van der Waals surface area contributed by atoms with Crippen LogP contribution in [0, 0.1) is 5.92 Å². The molecule has 11 heteroatoms. The standard InChI is InChI=1S/C21H32N6O5/c1-4-5-10-25-16(28)14(15(22)23)17(29)27(20(25)32)13-8-6-12(7-9-13)11-26-19(31)24-18(30)21(26,2)3/h12-13H,4-11,22-23H2,1-3H3,(H,24,30,31). The highest BCUT2D eigenvalue weighted by Gasteiger charge is 2.48. The van der Waals surface area contributed by atoms with Crippen molar-refractivity contribution in [3.63, 3.8) is 0 Å². The topological polar surface area (TPSA) is 159 Å². The van der Waals surface area contributed by atoms with Crippen LogP contribution in [0.25, 0.3) is 0 Å². The highest BCUT2D eigenvalue weighted by atomic mass is 16.2. The van der Waals surface area contributed by atoms with Crippen molar-refractivity contribution < 1.29 is 24.0 Å². The minimum Gasteiger partial charge on any atom is -0.385 e. The number of imide groups is 3. The van der Waals surface area contributed by atoms with Crippen LogP contribution < -0.4 is 16.8 Å². The van der Waals surface area contributed by atoms with Gasteiger partial charge in [-0.05, 0) is 51.9 Å². The number of rotatable bonds is 6. The third kappa shape index (κ3) is 4.03. The van der Waals surface area contributed by atoms with Gasteiger partial charge in [0.2, 0.25) is 0 Å². The lowest BCUT2D eigenvalue weighted by atomic mass is 9.84. The van der Waals surface area contributed by atoms with E-state index in [4.69, 9.17) is 11.5 Å². The van der Waals surface area contributed by atoms with Crippen molar-refractivity contribution in [2.24, 2.45) is 17.4 Å². The number of hydrogen-bond acceptors (Lipinski definition) is 7. The zero-order valence-corrected chi connectivity index (χ0v) is 18.8. The molecule has 2 heterocycles. The Labute approximate surface area is 187 Å². The van der Waals surface area contributed by atoms with Gasteiger partial charge in [0.15, 0.2) is 0 Å². The zero-order valence-electron chi connectivity index (χ0n) is 18.8. The molecule has 0 unspecified atom stereocenters. The lowest BCUT2D eigenvalue weighted by molar-refractivity contribution is -0.138. The molecule has 176 valence electrons. The normalized spacial score (nSPS) is 26.2. The van der Waals surface area contributed by atoms with E-state index in [1.807, 2.05) is 6.92 Å². The molecule has 2 saturated heterocycles. The molecule has 5 N–H and O–H groups in total. The Morgan fingerprint density at radius 2 is 1.66 bits per heavy atom. The molecule has 1 aliphatic carbocycles. The maximum atomic E-state index is 13.1. The van der Waals surface area contributed by atoms with E-state index in [1.54, 1.807) is 18.7 Å². The monoisotopic (exact) mass is 448 g/mol. The number of unbranched alkanes of at least 4 members (excludes halogenated alkanes) is 1. The molecular weight excluding hydrogens is 416 g/mol. The molecule has 32 heavy (non-hydrogen) atoms. The fraction of sp³-hybridized carbons (Fsp3) is 0.667. The van der Waals surface area contributed by atoms with E-state index in [9.17, 15) is 24.0 Å². The van der Waals surface area contributed by atoms with Gasteiger partial charge in [0.25, 0.3) is 17.7 Å². The predicted molar refractivity (Wildman–Crippen MR) is 114 cm³/mol. The van der Waals surface area contributed by atoms with E-state index in [0.29, 0.717) is 38.6 Å². The van der Waals surface area contributed by atoms with Crippen molar-refractivity contribution in [1.29, 1.82) is 0 Å². The molecule has 0 radical (unpaired) electrons. The molecule has 0 aromatic rings. The van der Waals surface area contributed by atoms with E-state index in [-0.39, 0.29) is 35.8 Å². The Kier molecular flexibility index (Phi) is 6.47. The average molecular weight is 449 g/mol. The van der Waals surface area contributed by atoms with Gasteiger partial charge in [0.1, 0.15) is 16.9 Å². The molecule has 0 aromatic carbocycles. The van der Waals surface area contributed by atoms with Crippen LogP contribution in [0.2, 0.25) is 0 Å². The number of nitrogens with zero attached hydrogens (tertiary/aromatic N) is 3. The Bertz CT molecular complexity index is 870. The molecule has 7 amide bonds. The molecular formula is C21H32N6O5. The quantitative estimate of drug-likeness (QED) is 0.305. The molecule has 0 spiro atoms. The summed E-state index contributed by atoms with van der Waals surface area (Å²) in [6, 6.07) is -1.42. The second kappa shape index (κ2) is 8.79. The summed E-state index contributed by atoms with van der Waals surface area (Å²) in [5, 5.41) is 2.34. The summed E-state index contributed by atoms with van der Waals surface area (Å²) in [6.45, 7) is 5.96. The van der Waals surface area contributed by atoms with Gasteiger partial charge in [-0.2, -0.15) is 0 Å². The first-order valence-corrected chi connectivity index (χ1v) is 11.1. The Balaban J connectivity index is 1.72. The van der Waals surface area contributed by atoms with Crippen molar-refractivity contribution in [2.75, 3.05) is 13.1 Å². The second-order valence-electron chi connectivity index (χ2n) is 9.20. The Morgan fingerprint density at radius 1 is 1.03 bits per heavy atom. The number of urea groups is 2. The predicted octanol–water partition coefficient (Wildman–Crippen LogP) is 0.596. The summed E-state index contributed by atoms with van der Waals surface area (Å²) in [7, 11) is 0. The molecule has 0 atom stereocenters. The number of carbonyl (C=O) groups is 5. The number of amides is 7. The van der Waals surface area contributed by atoms with Crippen LogP contribution in [0.3, 0.4) is 0 Å². The maximum Gasteiger partial charge on any atom is 0.334 e. The van der Waals surface area contributed by atoms with Gasteiger partial charge in [-0.25, -0.2) is 9.59 Å². The van der Waals surface area contributed by atoms with Crippen molar-refractivity contribution in [3.8, 4) is 0 Å². The van der Waals surface area contributed by atoms with Crippen LogP contribution in [0.1, 0.15) is 59.3 Å². The van der Waals surface area contributed by atoms with E-state index in [0.717, 1.165) is 16.2 Å². The number of nitrogens with two attached hydrogens (primary N) is 2. The minimum atomic E-state index is -0.911. The number of carbonyl (C=O) groups excluding carboxylic acids is 5. The first-order valence-electron chi connectivity index (χ1n) is 11.1. The van der Waals surface area contributed by atoms with Gasteiger partial charge in [0.05, 0.1) is 0 Å². The average Bonchev–Trinajstić information content (AvgIpc) is 2.90. The molecule has 0 aromatic heterocycles. The molecule has 3 fully saturated rings. The molecule has 11 nitrogen and oxygen atoms in total. The van der Waals surface area contributed by atoms with Crippen LogP contribution in [0.5, 0.6) is 0 Å². The largest absolute Gasteiger partial charge is 0.385 e. The lowest BCUT2D eigenvalue weighted by Crippen LogP contribution is -2.61. The molecule has 2 aliphatic heterocycles. The van der Waals surface area contributed by atoms with Crippen LogP contribution >= 0.6 is 0 Å². The van der Waals surface area contributed by atoms with Crippen molar-refractivity contribution in [2.45, 2.75) is 70.9 Å². The molecule has 3 rings (SSSR count). The van der Waals surface area contributed by atoms with Crippen LogP contribution in [-0.2, 0) is 14.4 Å². The SMILES string of the molecule is CCCCN1C(=O)C(=C(N)N)C(=O)N(C2CCC(CN3C(=O)NC(=O)C3(C)C)CC2)C1=O. The minimum absolute atomic E-state index is 0.129. The van der Waals surface area contributed by atoms with Gasteiger partial charge >= 0.3 is 12.1 Å². The zero-order chi connectivity index (χ0) is 23.8. The van der Waals surface area contributed by atoms with E-state index < -0.39 is 29.4 Å². The van der Waals surface area contributed by atoms with Gasteiger partial charge in [-0.1, -0.05) is 13.3 Å².